The minimum absolute atomic E-state index is 0.0784. The lowest BCUT2D eigenvalue weighted by atomic mass is 10.2. The lowest BCUT2D eigenvalue weighted by Gasteiger charge is -2.17. The molecule has 1 N–H and O–H groups in total. The van der Waals surface area contributed by atoms with Crippen LogP contribution in [0.3, 0.4) is 0 Å². The molecule has 0 radical (unpaired) electrons. The van der Waals surface area contributed by atoms with Gasteiger partial charge < -0.3 is 9.88 Å². The number of benzene rings is 1. The van der Waals surface area contributed by atoms with Gasteiger partial charge in [-0.25, -0.2) is 9.97 Å². The van der Waals surface area contributed by atoms with Gasteiger partial charge in [-0.1, -0.05) is 0 Å². The second-order valence-corrected chi connectivity index (χ2v) is 6.59. The van der Waals surface area contributed by atoms with Crippen molar-refractivity contribution in [3.8, 4) is 0 Å². The molecule has 3 rings (SSSR count). The first-order chi connectivity index (χ1) is 10.5. The zero-order valence-corrected chi connectivity index (χ0v) is 13.7. The summed E-state index contributed by atoms with van der Waals surface area (Å²) in [7, 11) is 1.81. The summed E-state index contributed by atoms with van der Waals surface area (Å²) in [6.45, 7) is 3.95. The number of aryl methyl sites for hydroxylation is 3. The van der Waals surface area contributed by atoms with Crippen molar-refractivity contribution in [2.24, 2.45) is 0 Å². The van der Waals surface area contributed by atoms with E-state index in [4.69, 9.17) is 0 Å². The molecular weight excluding hydrogens is 296 g/mol. The predicted octanol–water partition coefficient (Wildman–Crippen LogP) is 3.23. The average molecular weight is 314 g/mol. The summed E-state index contributed by atoms with van der Waals surface area (Å²) in [4.78, 5) is 25.9. The van der Waals surface area contributed by atoms with Crippen LogP contribution in [0.4, 0.5) is 5.69 Å². The van der Waals surface area contributed by atoms with Crippen LogP contribution in [-0.2, 0) is 11.2 Å². The van der Waals surface area contributed by atoms with Gasteiger partial charge in [-0.05, 0) is 32.0 Å². The van der Waals surface area contributed by atoms with E-state index in [9.17, 15) is 4.79 Å². The van der Waals surface area contributed by atoms with Crippen molar-refractivity contribution in [1.82, 2.24) is 15.0 Å². The molecule has 5 nitrogen and oxygen atoms in total. The van der Waals surface area contributed by atoms with Gasteiger partial charge in [-0.2, -0.15) is 0 Å². The number of imidazole rings is 1. The number of carbonyl (C=O) groups is 1. The normalized spacial score (nSPS) is 11.0. The van der Waals surface area contributed by atoms with Crippen molar-refractivity contribution in [3.05, 3.63) is 40.9 Å². The van der Waals surface area contributed by atoms with Crippen molar-refractivity contribution < 1.29 is 4.79 Å². The molecule has 3 aromatic rings. The van der Waals surface area contributed by atoms with Gasteiger partial charge in [0, 0.05) is 37.5 Å². The van der Waals surface area contributed by atoms with E-state index in [-0.39, 0.29) is 5.91 Å². The molecule has 22 heavy (non-hydrogen) atoms. The van der Waals surface area contributed by atoms with E-state index in [0.717, 1.165) is 32.4 Å². The molecule has 114 valence electrons. The summed E-state index contributed by atoms with van der Waals surface area (Å²) < 4.78 is 1.11. The van der Waals surface area contributed by atoms with Gasteiger partial charge >= 0.3 is 0 Å². The van der Waals surface area contributed by atoms with Crippen LogP contribution in [0.25, 0.3) is 10.2 Å². The molecule has 2 aromatic heterocycles. The van der Waals surface area contributed by atoms with Crippen molar-refractivity contribution in [1.29, 1.82) is 0 Å². The maximum absolute atomic E-state index is 12.3. The predicted molar refractivity (Wildman–Crippen MR) is 89.4 cm³/mol. The summed E-state index contributed by atoms with van der Waals surface area (Å²) in [5.74, 6) is 0.933. The number of nitrogens with zero attached hydrogens (tertiary/aromatic N) is 3. The monoisotopic (exact) mass is 314 g/mol. The molecule has 0 saturated carbocycles. The number of amides is 1. The highest BCUT2D eigenvalue weighted by Crippen LogP contribution is 2.26. The maximum Gasteiger partial charge on any atom is 0.227 e. The number of rotatable bonds is 4. The lowest BCUT2D eigenvalue weighted by molar-refractivity contribution is -0.118. The molecule has 0 aliphatic rings. The van der Waals surface area contributed by atoms with Gasteiger partial charge in [0.05, 0.1) is 15.2 Å². The van der Waals surface area contributed by atoms with Gasteiger partial charge in [0.1, 0.15) is 5.82 Å². The summed E-state index contributed by atoms with van der Waals surface area (Å²) in [6.07, 6.45) is 2.84. The number of hydrogen-bond acceptors (Lipinski definition) is 4. The lowest BCUT2D eigenvalue weighted by Crippen LogP contribution is -2.26. The molecule has 0 saturated heterocycles. The highest BCUT2D eigenvalue weighted by molar-refractivity contribution is 7.18. The van der Waals surface area contributed by atoms with E-state index in [1.807, 2.05) is 39.1 Å². The molecule has 2 heterocycles. The van der Waals surface area contributed by atoms with Crippen molar-refractivity contribution >= 4 is 33.1 Å². The third-order valence-corrected chi connectivity index (χ3v) is 4.51. The van der Waals surface area contributed by atoms with Crippen LogP contribution in [0.1, 0.15) is 22.9 Å². The van der Waals surface area contributed by atoms with Crippen molar-refractivity contribution in [2.45, 2.75) is 26.7 Å². The first-order valence-electron chi connectivity index (χ1n) is 7.17. The minimum Gasteiger partial charge on any atom is -0.346 e. The Balaban J connectivity index is 1.70. The Bertz CT molecular complexity index is 821. The van der Waals surface area contributed by atoms with Gasteiger partial charge in [0.2, 0.25) is 5.91 Å². The topological polar surface area (TPSA) is 61.9 Å². The van der Waals surface area contributed by atoms with E-state index in [1.165, 1.54) is 0 Å². The second kappa shape index (κ2) is 5.88. The molecule has 0 spiro atoms. The SMILES string of the molecule is Cc1cnc(CCC(=O)N(C)c2ccc3nc(C)sc3c2)[nH]1. The maximum atomic E-state index is 12.3. The number of H-pyrrole nitrogens is 1. The quantitative estimate of drug-likeness (QED) is 0.804. The highest BCUT2D eigenvalue weighted by Gasteiger charge is 2.13. The molecule has 0 fully saturated rings. The van der Waals surface area contributed by atoms with Gasteiger partial charge in [-0.3, -0.25) is 4.79 Å². The molecule has 0 bridgehead atoms. The molecule has 1 aromatic carbocycles. The summed E-state index contributed by atoms with van der Waals surface area (Å²) in [6, 6.07) is 5.93. The Hall–Kier alpha value is -2.21. The third kappa shape index (κ3) is 3.01. The van der Waals surface area contributed by atoms with Crippen LogP contribution in [0.2, 0.25) is 0 Å². The zero-order chi connectivity index (χ0) is 15.7. The zero-order valence-electron chi connectivity index (χ0n) is 12.9. The van der Waals surface area contributed by atoms with Crippen LogP contribution in [0.5, 0.6) is 0 Å². The minimum atomic E-state index is 0.0784. The molecular formula is C16H18N4OS. The van der Waals surface area contributed by atoms with Crippen LogP contribution in [0, 0.1) is 13.8 Å². The van der Waals surface area contributed by atoms with Gasteiger partial charge in [0.15, 0.2) is 0 Å². The fourth-order valence-electron chi connectivity index (χ4n) is 2.37. The molecule has 0 unspecified atom stereocenters. The molecule has 0 aliphatic heterocycles. The van der Waals surface area contributed by atoms with E-state index in [2.05, 4.69) is 15.0 Å². The standard InChI is InChI=1S/C16H18N4OS/c1-10-9-17-15(18-10)6-7-16(21)20(3)12-4-5-13-14(8-12)22-11(2)19-13/h4-5,8-9H,6-7H2,1-3H3,(H,17,18). The number of carbonyl (C=O) groups excluding carboxylic acids is 1. The number of aromatic amines is 1. The molecule has 0 atom stereocenters. The first kappa shape index (κ1) is 14.7. The average Bonchev–Trinajstić information content (AvgIpc) is 3.07. The Morgan fingerprint density at radius 1 is 1.36 bits per heavy atom. The fraction of sp³-hybridized carbons (Fsp3) is 0.312. The van der Waals surface area contributed by atoms with E-state index >= 15 is 0 Å². The molecule has 0 aliphatic carbocycles. The van der Waals surface area contributed by atoms with E-state index in [0.29, 0.717) is 12.8 Å². The van der Waals surface area contributed by atoms with Gasteiger partial charge in [0.25, 0.3) is 0 Å². The molecule has 1 amide bonds. The number of thiazole rings is 1. The Labute approximate surface area is 133 Å². The Morgan fingerprint density at radius 3 is 2.91 bits per heavy atom. The highest BCUT2D eigenvalue weighted by atomic mass is 32.1. The second-order valence-electron chi connectivity index (χ2n) is 5.35. The summed E-state index contributed by atoms with van der Waals surface area (Å²) in [5.41, 5.74) is 2.90. The van der Waals surface area contributed by atoms with Crippen LogP contribution < -0.4 is 4.90 Å². The molecule has 6 heteroatoms. The largest absolute Gasteiger partial charge is 0.346 e. The summed E-state index contributed by atoms with van der Waals surface area (Å²) >= 11 is 1.64. The van der Waals surface area contributed by atoms with Crippen LogP contribution >= 0.6 is 11.3 Å². The summed E-state index contributed by atoms with van der Waals surface area (Å²) in [5, 5.41) is 1.04. The number of anilines is 1. The fourth-order valence-corrected chi connectivity index (χ4v) is 3.23. The third-order valence-electron chi connectivity index (χ3n) is 3.57. The number of fused-ring (bicyclic) bond motifs is 1. The number of hydrogen-bond donors (Lipinski definition) is 1. The first-order valence-corrected chi connectivity index (χ1v) is 7.99. The van der Waals surface area contributed by atoms with Gasteiger partial charge in [-0.15, -0.1) is 11.3 Å². The smallest absolute Gasteiger partial charge is 0.227 e. The Morgan fingerprint density at radius 2 is 2.18 bits per heavy atom. The van der Waals surface area contributed by atoms with Crippen molar-refractivity contribution in [3.63, 3.8) is 0 Å². The van der Waals surface area contributed by atoms with Crippen LogP contribution in [-0.4, -0.2) is 27.9 Å². The number of nitrogens with one attached hydrogen (secondary N) is 1. The van der Waals surface area contributed by atoms with E-state index in [1.54, 1.807) is 22.4 Å². The Kier molecular flexibility index (Phi) is 3.94. The number of aromatic nitrogens is 3. The van der Waals surface area contributed by atoms with Crippen LogP contribution in [0.15, 0.2) is 24.4 Å². The van der Waals surface area contributed by atoms with Crippen molar-refractivity contribution in [2.75, 3.05) is 11.9 Å². The van der Waals surface area contributed by atoms with E-state index < -0.39 is 0 Å².